The second kappa shape index (κ2) is 6.95. The molecule has 0 spiro atoms. The van der Waals surface area contributed by atoms with Crippen molar-refractivity contribution in [3.05, 3.63) is 47.7 Å². The van der Waals surface area contributed by atoms with Crippen LogP contribution in [0.4, 0.5) is 4.39 Å². The lowest BCUT2D eigenvalue weighted by Gasteiger charge is -2.14. The molecule has 0 aliphatic heterocycles. The minimum absolute atomic E-state index is 0.166. The van der Waals surface area contributed by atoms with E-state index in [0.717, 1.165) is 29.2 Å². The standard InChI is InChI=1S/C16H20FNOS/c1-4-8-18-11(2)13-5-6-16(14(17)10-13)20-15-7-9-19-12(15)3/h5-7,9-11,18H,4,8H2,1-3H3. The van der Waals surface area contributed by atoms with Gasteiger partial charge in [0.25, 0.3) is 0 Å². The Morgan fingerprint density at radius 3 is 2.70 bits per heavy atom. The van der Waals surface area contributed by atoms with Crippen molar-refractivity contribution in [2.45, 2.75) is 43.0 Å². The number of benzene rings is 1. The molecule has 0 amide bonds. The van der Waals surface area contributed by atoms with Gasteiger partial charge in [-0.15, -0.1) is 0 Å². The Morgan fingerprint density at radius 1 is 1.30 bits per heavy atom. The van der Waals surface area contributed by atoms with Crippen molar-refractivity contribution in [3.8, 4) is 0 Å². The second-order valence-electron chi connectivity index (χ2n) is 4.81. The maximum Gasteiger partial charge on any atom is 0.137 e. The zero-order chi connectivity index (χ0) is 14.5. The molecule has 0 fully saturated rings. The molecule has 0 bridgehead atoms. The van der Waals surface area contributed by atoms with Crippen LogP contribution in [0.15, 0.2) is 44.7 Å². The van der Waals surface area contributed by atoms with Gasteiger partial charge in [0, 0.05) is 10.9 Å². The number of furan rings is 1. The van der Waals surface area contributed by atoms with Crippen LogP contribution in [0.2, 0.25) is 0 Å². The van der Waals surface area contributed by atoms with Gasteiger partial charge in [-0.3, -0.25) is 0 Å². The van der Waals surface area contributed by atoms with E-state index in [2.05, 4.69) is 19.2 Å². The van der Waals surface area contributed by atoms with Gasteiger partial charge in [0.2, 0.25) is 0 Å². The van der Waals surface area contributed by atoms with E-state index < -0.39 is 0 Å². The normalized spacial score (nSPS) is 12.6. The Bertz CT molecular complexity index is 567. The maximum atomic E-state index is 14.2. The van der Waals surface area contributed by atoms with Crippen LogP contribution in [0.5, 0.6) is 0 Å². The minimum Gasteiger partial charge on any atom is -0.468 e. The molecule has 0 aliphatic carbocycles. The van der Waals surface area contributed by atoms with Crippen molar-refractivity contribution in [3.63, 3.8) is 0 Å². The number of hydrogen-bond donors (Lipinski definition) is 1. The predicted octanol–water partition coefficient (Wildman–Crippen LogP) is 4.94. The number of nitrogens with one attached hydrogen (secondary N) is 1. The molecule has 1 unspecified atom stereocenters. The van der Waals surface area contributed by atoms with Crippen molar-refractivity contribution >= 4 is 11.8 Å². The summed E-state index contributed by atoms with van der Waals surface area (Å²) in [6, 6.07) is 7.46. The van der Waals surface area contributed by atoms with Crippen molar-refractivity contribution in [1.29, 1.82) is 0 Å². The molecule has 108 valence electrons. The molecular formula is C16H20FNOS. The van der Waals surface area contributed by atoms with Gasteiger partial charge in [0.1, 0.15) is 11.6 Å². The number of aryl methyl sites for hydroxylation is 1. The highest BCUT2D eigenvalue weighted by Crippen LogP contribution is 2.33. The molecule has 2 aromatic rings. The van der Waals surface area contributed by atoms with E-state index in [1.807, 2.05) is 25.1 Å². The first-order valence-corrected chi connectivity index (χ1v) is 7.68. The highest BCUT2D eigenvalue weighted by atomic mass is 32.2. The first kappa shape index (κ1) is 15.1. The summed E-state index contributed by atoms with van der Waals surface area (Å²) in [7, 11) is 0. The molecular weight excluding hydrogens is 273 g/mol. The predicted molar refractivity (Wildman–Crippen MR) is 80.7 cm³/mol. The third-order valence-corrected chi connectivity index (χ3v) is 4.38. The van der Waals surface area contributed by atoms with Gasteiger partial charge in [-0.25, -0.2) is 4.39 Å². The fourth-order valence-corrected chi connectivity index (χ4v) is 2.79. The van der Waals surface area contributed by atoms with Crippen LogP contribution in [0.3, 0.4) is 0 Å². The van der Waals surface area contributed by atoms with Crippen molar-refractivity contribution in [2.24, 2.45) is 0 Å². The lowest BCUT2D eigenvalue weighted by atomic mass is 10.1. The summed E-state index contributed by atoms with van der Waals surface area (Å²) in [5.74, 6) is 0.634. The van der Waals surface area contributed by atoms with Crippen molar-refractivity contribution in [1.82, 2.24) is 5.32 Å². The van der Waals surface area contributed by atoms with Crippen LogP contribution >= 0.6 is 11.8 Å². The van der Waals surface area contributed by atoms with Crippen molar-refractivity contribution < 1.29 is 8.81 Å². The average molecular weight is 293 g/mol. The fraction of sp³-hybridized carbons (Fsp3) is 0.375. The summed E-state index contributed by atoms with van der Waals surface area (Å²) in [4.78, 5) is 1.58. The first-order chi connectivity index (χ1) is 9.61. The van der Waals surface area contributed by atoms with E-state index in [4.69, 9.17) is 4.42 Å². The summed E-state index contributed by atoms with van der Waals surface area (Å²) >= 11 is 1.40. The van der Waals surface area contributed by atoms with E-state index in [1.165, 1.54) is 11.8 Å². The molecule has 0 radical (unpaired) electrons. The molecule has 1 atom stereocenters. The van der Waals surface area contributed by atoms with Crippen LogP contribution in [0, 0.1) is 12.7 Å². The fourth-order valence-electron chi connectivity index (χ4n) is 1.95. The largest absolute Gasteiger partial charge is 0.468 e. The van der Waals surface area contributed by atoms with Gasteiger partial charge in [0.05, 0.1) is 11.2 Å². The van der Waals surface area contributed by atoms with Crippen LogP contribution in [0.25, 0.3) is 0 Å². The minimum atomic E-state index is -0.182. The topological polar surface area (TPSA) is 25.2 Å². The lowest BCUT2D eigenvalue weighted by Crippen LogP contribution is -2.19. The van der Waals surface area contributed by atoms with Gasteiger partial charge in [0.15, 0.2) is 0 Å². The molecule has 20 heavy (non-hydrogen) atoms. The Hall–Kier alpha value is -1.26. The Morgan fingerprint density at radius 2 is 2.10 bits per heavy atom. The number of halogens is 1. The van der Waals surface area contributed by atoms with E-state index in [1.54, 1.807) is 12.3 Å². The molecule has 0 aliphatic rings. The monoisotopic (exact) mass is 293 g/mol. The maximum absolute atomic E-state index is 14.2. The Labute approximate surface area is 123 Å². The van der Waals surface area contributed by atoms with Gasteiger partial charge < -0.3 is 9.73 Å². The molecule has 0 saturated carbocycles. The molecule has 1 aromatic heterocycles. The highest BCUT2D eigenvalue weighted by Gasteiger charge is 2.11. The zero-order valence-corrected chi connectivity index (χ0v) is 12.9. The molecule has 1 N–H and O–H groups in total. The molecule has 2 nitrogen and oxygen atoms in total. The average Bonchev–Trinajstić information content (AvgIpc) is 2.84. The SMILES string of the molecule is CCCNC(C)c1ccc(Sc2ccoc2C)c(F)c1. The smallest absolute Gasteiger partial charge is 0.137 e. The second-order valence-corrected chi connectivity index (χ2v) is 5.89. The number of hydrogen-bond acceptors (Lipinski definition) is 3. The van der Waals surface area contributed by atoms with Crippen LogP contribution in [0.1, 0.15) is 37.6 Å². The summed E-state index contributed by atoms with van der Waals surface area (Å²) in [5.41, 5.74) is 0.976. The first-order valence-electron chi connectivity index (χ1n) is 6.86. The zero-order valence-electron chi connectivity index (χ0n) is 12.1. The quantitative estimate of drug-likeness (QED) is 0.816. The Balaban J connectivity index is 2.11. The molecule has 1 heterocycles. The molecule has 0 saturated heterocycles. The summed E-state index contributed by atoms with van der Waals surface area (Å²) in [6.45, 7) is 6.99. The highest BCUT2D eigenvalue weighted by molar-refractivity contribution is 7.99. The third-order valence-electron chi connectivity index (χ3n) is 3.19. The molecule has 4 heteroatoms. The Kier molecular flexibility index (Phi) is 5.26. The number of rotatable bonds is 6. The molecule has 2 rings (SSSR count). The van der Waals surface area contributed by atoms with E-state index in [-0.39, 0.29) is 11.9 Å². The molecule has 1 aromatic carbocycles. The van der Waals surface area contributed by atoms with Crippen LogP contribution < -0.4 is 5.32 Å². The van der Waals surface area contributed by atoms with E-state index >= 15 is 0 Å². The lowest BCUT2D eigenvalue weighted by molar-refractivity contribution is 0.526. The van der Waals surface area contributed by atoms with Gasteiger partial charge >= 0.3 is 0 Å². The van der Waals surface area contributed by atoms with Gasteiger partial charge in [-0.05, 0) is 50.6 Å². The van der Waals surface area contributed by atoms with Gasteiger partial charge in [-0.2, -0.15) is 0 Å². The van der Waals surface area contributed by atoms with Crippen LogP contribution in [-0.2, 0) is 0 Å². The third kappa shape index (κ3) is 3.64. The summed E-state index contributed by atoms with van der Waals surface area (Å²) in [6.07, 6.45) is 2.70. The van der Waals surface area contributed by atoms with Gasteiger partial charge in [-0.1, -0.05) is 24.8 Å². The summed E-state index contributed by atoms with van der Waals surface area (Å²) in [5, 5.41) is 3.36. The van der Waals surface area contributed by atoms with E-state index in [9.17, 15) is 4.39 Å². The summed E-state index contributed by atoms with van der Waals surface area (Å²) < 4.78 is 19.4. The van der Waals surface area contributed by atoms with Crippen molar-refractivity contribution in [2.75, 3.05) is 6.54 Å². The van der Waals surface area contributed by atoms with E-state index in [0.29, 0.717) is 4.90 Å². The van der Waals surface area contributed by atoms with Crippen LogP contribution in [-0.4, -0.2) is 6.54 Å².